The number of hydrazine groups is 1. The number of hydrogen-bond acceptors (Lipinski definition) is 3. The fourth-order valence-corrected chi connectivity index (χ4v) is 2.77. The number of hydrogen-bond donors (Lipinski definition) is 2. The lowest BCUT2D eigenvalue weighted by Crippen LogP contribution is -2.56. The molecule has 2 heterocycles. The normalized spacial score (nSPS) is 26.8. The molecule has 0 amide bonds. The van der Waals surface area contributed by atoms with E-state index in [0.29, 0.717) is 5.41 Å². The third kappa shape index (κ3) is 1.46. The molecule has 0 radical (unpaired) electrons. The molecule has 0 aromatic heterocycles. The lowest BCUT2D eigenvalue weighted by Gasteiger charge is -2.46. The number of nitrogens with zero attached hydrogens (tertiary/aromatic N) is 3. The van der Waals surface area contributed by atoms with Gasteiger partial charge in [0.25, 0.3) is 0 Å². The van der Waals surface area contributed by atoms with Gasteiger partial charge in [0.05, 0.1) is 0 Å². The molecule has 1 spiro atoms. The highest BCUT2D eigenvalue weighted by atomic mass is 15.4. The summed E-state index contributed by atoms with van der Waals surface area (Å²) in [5.41, 5.74) is 3.17. The highest BCUT2D eigenvalue weighted by Gasteiger charge is 2.46. The summed E-state index contributed by atoms with van der Waals surface area (Å²) in [5.74, 6) is 6.22. The van der Waals surface area contributed by atoms with Gasteiger partial charge in [0.15, 0.2) is 0 Å². The van der Waals surface area contributed by atoms with Crippen LogP contribution in [0.2, 0.25) is 0 Å². The van der Waals surface area contributed by atoms with Gasteiger partial charge in [-0.25, -0.2) is 5.84 Å². The van der Waals surface area contributed by atoms with Crippen molar-refractivity contribution in [1.82, 2.24) is 15.2 Å². The number of nitrogens with one attached hydrogen (secondary N) is 1. The fourth-order valence-electron chi connectivity index (χ4n) is 2.77. The Morgan fingerprint density at radius 3 is 2.64 bits per heavy atom. The van der Waals surface area contributed by atoms with Crippen LogP contribution in [-0.2, 0) is 0 Å². The summed E-state index contributed by atoms with van der Waals surface area (Å²) in [6.45, 7) is 4.59. The van der Waals surface area contributed by atoms with E-state index in [1.54, 1.807) is 7.05 Å². The van der Waals surface area contributed by atoms with Crippen molar-refractivity contribution in [2.24, 2.45) is 16.3 Å². The maximum absolute atomic E-state index is 5.41. The van der Waals surface area contributed by atoms with Crippen LogP contribution in [0.15, 0.2) is 4.99 Å². The number of guanidine groups is 1. The molecule has 2 aliphatic heterocycles. The lowest BCUT2D eigenvalue weighted by atomic mass is 9.79. The van der Waals surface area contributed by atoms with Crippen molar-refractivity contribution in [1.29, 1.82) is 0 Å². The number of aliphatic imine (C=N–C) groups is 1. The van der Waals surface area contributed by atoms with E-state index in [4.69, 9.17) is 5.84 Å². The molecule has 0 atom stereocenters. The molecule has 0 aliphatic carbocycles. The molecule has 80 valence electrons. The van der Waals surface area contributed by atoms with Gasteiger partial charge in [-0.2, -0.15) is 0 Å². The monoisotopic (exact) mass is 197 g/mol. The number of rotatable bonds is 0. The van der Waals surface area contributed by atoms with Gasteiger partial charge in [-0.3, -0.25) is 10.4 Å². The van der Waals surface area contributed by atoms with Crippen molar-refractivity contribution in [2.45, 2.75) is 6.42 Å². The van der Waals surface area contributed by atoms with Crippen LogP contribution < -0.4 is 11.3 Å². The van der Waals surface area contributed by atoms with Crippen LogP contribution >= 0.6 is 0 Å². The third-order valence-corrected chi connectivity index (χ3v) is 3.29. The van der Waals surface area contributed by atoms with Gasteiger partial charge in [0.2, 0.25) is 5.96 Å². The molecule has 2 saturated heterocycles. The van der Waals surface area contributed by atoms with Gasteiger partial charge < -0.3 is 9.80 Å². The van der Waals surface area contributed by atoms with Gasteiger partial charge >= 0.3 is 0 Å². The van der Waals surface area contributed by atoms with Crippen LogP contribution in [0.1, 0.15) is 6.42 Å². The van der Waals surface area contributed by atoms with E-state index in [9.17, 15) is 0 Å². The molecule has 5 heteroatoms. The van der Waals surface area contributed by atoms with E-state index in [2.05, 4.69) is 27.3 Å². The lowest BCUT2D eigenvalue weighted by molar-refractivity contribution is 0.0354. The highest BCUT2D eigenvalue weighted by Crippen LogP contribution is 2.38. The third-order valence-electron chi connectivity index (χ3n) is 3.29. The first-order valence-corrected chi connectivity index (χ1v) is 5.06. The Kier molecular flexibility index (Phi) is 2.36. The molecule has 5 nitrogen and oxygen atoms in total. The Balaban J connectivity index is 1.95. The number of likely N-dealkylation sites (tertiary alicyclic amines) is 2. The molecular formula is C9H19N5. The van der Waals surface area contributed by atoms with Crippen molar-refractivity contribution in [3.8, 4) is 0 Å². The quantitative estimate of drug-likeness (QED) is 0.228. The molecule has 0 bridgehead atoms. The van der Waals surface area contributed by atoms with Gasteiger partial charge in [0, 0.05) is 38.6 Å². The molecular weight excluding hydrogens is 178 g/mol. The van der Waals surface area contributed by atoms with E-state index < -0.39 is 0 Å². The average Bonchev–Trinajstić information content (AvgIpc) is 2.51. The summed E-state index contributed by atoms with van der Waals surface area (Å²) in [4.78, 5) is 8.73. The van der Waals surface area contributed by atoms with E-state index in [1.165, 1.54) is 19.5 Å². The average molecular weight is 197 g/mol. The minimum absolute atomic E-state index is 0.515. The minimum Gasteiger partial charge on any atom is -0.341 e. The zero-order valence-electron chi connectivity index (χ0n) is 8.95. The van der Waals surface area contributed by atoms with Crippen LogP contribution in [0, 0.1) is 5.41 Å². The molecule has 2 rings (SSSR count). The van der Waals surface area contributed by atoms with E-state index in [-0.39, 0.29) is 0 Å². The van der Waals surface area contributed by atoms with E-state index >= 15 is 0 Å². The fraction of sp³-hybridized carbons (Fsp3) is 0.889. The van der Waals surface area contributed by atoms with Crippen molar-refractivity contribution in [3.05, 3.63) is 0 Å². The second kappa shape index (κ2) is 3.40. The predicted octanol–water partition coefficient (Wildman–Crippen LogP) is -0.927. The molecule has 0 saturated carbocycles. The van der Waals surface area contributed by atoms with Crippen LogP contribution in [0.25, 0.3) is 0 Å². The topological polar surface area (TPSA) is 56.9 Å². The first-order chi connectivity index (χ1) is 6.69. The summed E-state index contributed by atoms with van der Waals surface area (Å²) in [6.07, 6.45) is 1.26. The zero-order chi connectivity index (χ0) is 10.2. The molecule has 2 aliphatic rings. The second-order valence-corrected chi connectivity index (χ2v) is 4.54. The molecule has 0 aromatic rings. The Labute approximate surface area is 84.9 Å². The minimum atomic E-state index is 0.515. The first-order valence-electron chi connectivity index (χ1n) is 5.06. The first kappa shape index (κ1) is 9.73. The van der Waals surface area contributed by atoms with Crippen LogP contribution in [0.4, 0.5) is 0 Å². The van der Waals surface area contributed by atoms with Crippen molar-refractivity contribution < 1.29 is 0 Å². The summed E-state index contributed by atoms with van der Waals surface area (Å²) < 4.78 is 0. The van der Waals surface area contributed by atoms with Crippen molar-refractivity contribution >= 4 is 5.96 Å². The summed E-state index contributed by atoms with van der Waals surface area (Å²) >= 11 is 0. The summed E-state index contributed by atoms with van der Waals surface area (Å²) in [6, 6.07) is 0. The van der Waals surface area contributed by atoms with Crippen LogP contribution in [-0.4, -0.2) is 56.0 Å². The van der Waals surface area contributed by atoms with E-state index in [1.807, 2.05) is 0 Å². The smallest absolute Gasteiger partial charge is 0.208 e. The Morgan fingerprint density at radius 1 is 1.43 bits per heavy atom. The van der Waals surface area contributed by atoms with Crippen LogP contribution in [0.5, 0.6) is 0 Å². The van der Waals surface area contributed by atoms with Gasteiger partial charge in [-0.15, -0.1) is 0 Å². The SMILES string of the molecule is CN=C(NN)N1CCC2(CN(C)C2)C1. The van der Waals surface area contributed by atoms with Crippen molar-refractivity contribution in [2.75, 3.05) is 40.3 Å². The Hall–Kier alpha value is -0.810. The summed E-state index contributed by atoms with van der Waals surface area (Å²) in [7, 11) is 3.94. The second-order valence-electron chi connectivity index (χ2n) is 4.54. The molecule has 2 fully saturated rings. The maximum Gasteiger partial charge on any atom is 0.208 e. The Bertz CT molecular complexity index is 244. The van der Waals surface area contributed by atoms with Gasteiger partial charge in [0.1, 0.15) is 0 Å². The predicted molar refractivity (Wildman–Crippen MR) is 56.8 cm³/mol. The van der Waals surface area contributed by atoms with Crippen LogP contribution in [0.3, 0.4) is 0 Å². The summed E-state index contributed by atoms with van der Waals surface area (Å²) in [5, 5.41) is 0. The molecule has 14 heavy (non-hydrogen) atoms. The molecule has 3 N–H and O–H groups in total. The maximum atomic E-state index is 5.41. The standard InChI is InChI=1S/C9H19N5/c1-11-8(12-10)14-4-3-9(7-14)5-13(2)6-9/h3-7,10H2,1-2H3,(H,11,12). The van der Waals surface area contributed by atoms with Gasteiger partial charge in [-0.1, -0.05) is 0 Å². The molecule has 0 unspecified atom stereocenters. The molecule has 0 aromatic carbocycles. The van der Waals surface area contributed by atoms with Crippen molar-refractivity contribution in [3.63, 3.8) is 0 Å². The zero-order valence-corrected chi connectivity index (χ0v) is 8.95. The van der Waals surface area contributed by atoms with E-state index in [0.717, 1.165) is 19.0 Å². The largest absolute Gasteiger partial charge is 0.341 e. The highest BCUT2D eigenvalue weighted by molar-refractivity contribution is 5.79. The number of nitrogens with two attached hydrogens (primary N) is 1. The van der Waals surface area contributed by atoms with Gasteiger partial charge in [-0.05, 0) is 13.5 Å². The Morgan fingerprint density at radius 2 is 2.14 bits per heavy atom.